The van der Waals surface area contributed by atoms with Gasteiger partial charge in [0.1, 0.15) is 18.3 Å². The Morgan fingerprint density at radius 1 is 1.63 bits per heavy atom. The third-order valence-electron chi connectivity index (χ3n) is 3.21. The summed E-state index contributed by atoms with van der Waals surface area (Å²) in [7, 11) is 0. The fraction of sp³-hybridized carbons (Fsp3) is 0.385. The molecule has 1 aromatic carbocycles. The molecule has 4 N–H and O–H groups in total. The summed E-state index contributed by atoms with van der Waals surface area (Å²) in [5, 5.41) is 14.4. The number of benzene rings is 1. The van der Waals surface area contributed by atoms with Gasteiger partial charge in [-0.05, 0) is 12.5 Å². The van der Waals surface area contributed by atoms with Gasteiger partial charge in [-0.3, -0.25) is 4.79 Å². The number of nitrogens with zero attached hydrogens (tertiary/aromatic N) is 1. The molecule has 19 heavy (non-hydrogen) atoms. The van der Waals surface area contributed by atoms with E-state index in [1.165, 1.54) is 0 Å². The summed E-state index contributed by atoms with van der Waals surface area (Å²) in [6.45, 7) is 2.17. The van der Waals surface area contributed by atoms with E-state index in [4.69, 9.17) is 15.7 Å². The molecule has 0 bridgehead atoms. The second kappa shape index (κ2) is 5.60. The molecule has 6 nitrogen and oxygen atoms in total. The van der Waals surface area contributed by atoms with Gasteiger partial charge in [-0.1, -0.05) is 30.3 Å². The van der Waals surface area contributed by atoms with Crippen LogP contribution in [-0.2, 0) is 4.79 Å². The maximum Gasteiger partial charge on any atom is 0.231 e. The van der Waals surface area contributed by atoms with Gasteiger partial charge < -0.3 is 21.0 Å². The van der Waals surface area contributed by atoms with E-state index >= 15 is 0 Å². The Hall–Kier alpha value is -2.24. The van der Waals surface area contributed by atoms with Crippen molar-refractivity contribution in [3.8, 4) is 5.75 Å². The van der Waals surface area contributed by atoms with Crippen LogP contribution in [0.3, 0.4) is 0 Å². The van der Waals surface area contributed by atoms with Gasteiger partial charge in [0.25, 0.3) is 0 Å². The number of carbonyl (C=O) groups excluding carboxylic acids is 1. The van der Waals surface area contributed by atoms with Crippen molar-refractivity contribution in [2.45, 2.75) is 25.3 Å². The lowest BCUT2D eigenvalue weighted by Crippen LogP contribution is -2.46. The molecule has 1 aliphatic rings. The first-order chi connectivity index (χ1) is 9.17. The number of hydrogen-bond acceptors (Lipinski definition) is 4. The molecule has 6 heteroatoms. The van der Waals surface area contributed by atoms with Gasteiger partial charge in [-0.25, -0.2) is 0 Å². The zero-order chi connectivity index (χ0) is 13.8. The maximum atomic E-state index is 12.2. The van der Waals surface area contributed by atoms with Gasteiger partial charge >= 0.3 is 0 Å². The summed E-state index contributed by atoms with van der Waals surface area (Å²) in [5.41, 5.74) is 6.39. The molecule has 0 aromatic heterocycles. The SMILES string of the molecule is CCC(NC(=O)C1COc2ccccc21)C(N)=NO. The van der Waals surface area contributed by atoms with Crippen molar-refractivity contribution in [2.75, 3.05) is 6.61 Å². The van der Waals surface area contributed by atoms with Gasteiger partial charge in [0, 0.05) is 5.56 Å². The van der Waals surface area contributed by atoms with Crippen molar-refractivity contribution in [3.05, 3.63) is 29.8 Å². The van der Waals surface area contributed by atoms with Crippen LogP contribution < -0.4 is 15.8 Å². The number of nitrogens with two attached hydrogens (primary N) is 1. The number of oxime groups is 1. The van der Waals surface area contributed by atoms with Crippen LogP contribution >= 0.6 is 0 Å². The maximum absolute atomic E-state index is 12.2. The van der Waals surface area contributed by atoms with E-state index in [0.717, 1.165) is 11.3 Å². The molecule has 0 saturated carbocycles. The third-order valence-corrected chi connectivity index (χ3v) is 3.21. The van der Waals surface area contributed by atoms with Gasteiger partial charge in [-0.2, -0.15) is 0 Å². The van der Waals surface area contributed by atoms with Gasteiger partial charge in [0.2, 0.25) is 5.91 Å². The summed E-state index contributed by atoms with van der Waals surface area (Å²) in [5.74, 6) is 0.211. The van der Waals surface area contributed by atoms with E-state index in [1.807, 2.05) is 31.2 Å². The monoisotopic (exact) mass is 263 g/mol. The van der Waals surface area contributed by atoms with E-state index in [-0.39, 0.29) is 17.7 Å². The molecule has 2 unspecified atom stereocenters. The number of fused-ring (bicyclic) bond motifs is 1. The van der Waals surface area contributed by atoms with Gasteiger partial charge in [-0.15, -0.1) is 0 Å². The number of amides is 1. The van der Waals surface area contributed by atoms with Crippen molar-refractivity contribution >= 4 is 11.7 Å². The summed E-state index contributed by atoms with van der Waals surface area (Å²) >= 11 is 0. The van der Waals surface area contributed by atoms with E-state index in [0.29, 0.717) is 13.0 Å². The summed E-state index contributed by atoms with van der Waals surface area (Å²) in [6, 6.07) is 6.98. The molecular weight excluding hydrogens is 246 g/mol. The summed E-state index contributed by atoms with van der Waals surface area (Å²) < 4.78 is 5.46. The van der Waals surface area contributed by atoms with Crippen LogP contribution in [0, 0.1) is 0 Å². The van der Waals surface area contributed by atoms with Crippen LogP contribution in [0.4, 0.5) is 0 Å². The zero-order valence-corrected chi connectivity index (χ0v) is 10.7. The fourth-order valence-electron chi connectivity index (χ4n) is 2.11. The number of ether oxygens (including phenoxy) is 1. The minimum absolute atomic E-state index is 0.00282. The Kier molecular flexibility index (Phi) is 3.89. The standard InChI is InChI=1S/C13H17N3O3/c1-2-10(12(14)16-18)15-13(17)9-7-19-11-6-4-3-5-8(9)11/h3-6,9-10,18H,2,7H2,1H3,(H2,14,16)(H,15,17). The van der Waals surface area contributed by atoms with Gasteiger partial charge in [0.15, 0.2) is 5.84 Å². The largest absolute Gasteiger partial charge is 0.492 e. The second-order valence-electron chi connectivity index (χ2n) is 4.40. The lowest BCUT2D eigenvalue weighted by molar-refractivity contribution is -0.123. The van der Waals surface area contributed by atoms with E-state index < -0.39 is 6.04 Å². The van der Waals surface area contributed by atoms with Crippen molar-refractivity contribution in [2.24, 2.45) is 10.9 Å². The highest BCUT2D eigenvalue weighted by Gasteiger charge is 2.31. The van der Waals surface area contributed by atoms with Crippen LogP contribution in [0.5, 0.6) is 5.75 Å². The predicted octanol–water partition coefficient (Wildman–Crippen LogP) is 0.804. The number of rotatable bonds is 4. The molecule has 1 aliphatic heterocycles. The minimum Gasteiger partial charge on any atom is -0.492 e. The third kappa shape index (κ3) is 2.62. The smallest absolute Gasteiger partial charge is 0.231 e. The van der Waals surface area contributed by atoms with Crippen LogP contribution in [-0.4, -0.2) is 29.6 Å². The van der Waals surface area contributed by atoms with Crippen LogP contribution in [0.25, 0.3) is 0 Å². The molecule has 0 saturated heterocycles. The van der Waals surface area contributed by atoms with Crippen molar-refractivity contribution < 1.29 is 14.7 Å². The number of nitrogens with one attached hydrogen (secondary N) is 1. The normalized spacial score (nSPS) is 19.4. The summed E-state index contributed by atoms with van der Waals surface area (Å²) in [4.78, 5) is 12.2. The Balaban J connectivity index is 2.10. The first kappa shape index (κ1) is 13.2. The topological polar surface area (TPSA) is 96.9 Å². The molecule has 0 aliphatic carbocycles. The quantitative estimate of drug-likeness (QED) is 0.324. The van der Waals surface area contributed by atoms with Gasteiger partial charge in [0.05, 0.1) is 6.04 Å². The number of amidine groups is 1. The molecule has 1 amide bonds. The molecule has 1 heterocycles. The fourth-order valence-corrected chi connectivity index (χ4v) is 2.11. The predicted molar refractivity (Wildman–Crippen MR) is 70.3 cm³/mol. The van der Waals surface area contributed by atoms with Crippen molar-refractivity contribution in [3.63, 3.8) is 0 Å². The number of para-hydroxylation sites is 1. The van der Waals surface area contributed by atoms with Crippen LogP contribution in [0.1, 0.15) is 24.8 Å². The Morgan fingerprint density at radius 3 is 3.05 bits per heavy atom. The zero-order valence-electron chi connectivity index (χ0n) is 10.7. The molecule has 2 atom stereocenters. The molecule has 0 spiro atoms. The van der Waals surface area contributed by atoms with Crippen LogP contribution in [0.2, 0.25) is 0 Å². The summed E-state index contributed by atoms with van der Waals surface area (Å²) in [6.07, 6.45) is 0.552. The lowest BCUT2D eigenvalue weighted by atomic mass is 10.00. The number of carbonyl (C=O) groups is 1. The second-order valence-corrected chi connectivity index (χ2v) is 4.40. The van der Waals surface area contributed by atoms with Crippen molar-refractivity contribution in [1.82, 2.24) is 5.32 Å². The molecule has 2 rings (SSSR count). The Morgan fingerprint density at radius 2 is 2.37 bits per heavy atom. The Bertz CT molecular complexity index is 502. The number of hydrogen-bond donors (Lipinski definition) is 3. The van der Waals surface area contributed by atoms with Crippen molar-refractivity contribution in [1.29, 1.82) is 0 Å². The highest BCUT2D eigenvalue weighted by molar-refractivity contribution is 5.92. The van der Waals surface area contributed by atoms with E-state index in [1.54, 1.807) is 0 Å². The molecule has 0 fully saturated rings. The first-order valence-electron chi connectivity index (χ1n) is 6.16. The van der Waals surface area contributed by atoms with E-state index in [9.17, 15) is 4.79 Å². The average molecular weight is 263 g/mol. The molecule has 1 aromatic rings. The minimum atomic E-state index is -0.467. The Labute approximate surface area is 111 Å². The highest BCUT2D eigenvalue weighted by atomic mass is 16.5. The van der Waals surface area contributed by atoms with E-state index in [2.05, 4.69) is 10.5 Å². The lowest BCUT2D eigenvalue weighted by Gasteiger charge is -2.17. The average Bonchev–Trinajstić information content (AvgIpc) is 2.87. The highest BCUT2D eigenvalue weighted by Crippen LogP contribution is 2.33. The van der Waals surface area contributed by atoms with Crippen LogP contribution in [0.15, 0.2) is 29.4 Å². The molecule has 102 valence electrons. The molecular formula is C13H17N3O3. The first-order valence-corrected chi connectivity index (χ1v) is 6.16. The molecule has 0 radical (unpaired) electrons.